The maximum atomic E-state index is 12.4. The summed E-state index contributed by atoms with van der Waals surface area (Å²) in [5, 5.41) is 3.03. The summed E-state index contributed by atoms with van der Waals surface area (Å²) in [5.41, 5.74) is 2.45. The first kappa shape index (κ1) is 16.5. The van der Waals surface area contributed by atoms with Crippen molar-refractivity contribution in [2.75, 3.05) is 19.6 Å². The normalized spacial score (nSPS) is 18.4. The Labute approximate surface area is 144 Å². The van der Waals surface area contributed by atoms with E-state index in [4.69, 9.17) is 0 Å². The van der Waals surface area contributed by atoms with Gasteiger partial charge in [0.25, 0.3) is 0 Å². The molecule has 1 heterocycles. The van der Waals surface area contributed by atoms with Crippen LogP contribution < -0.4 is 5.32 Å². The van der Waals surface area contributed by atoms with E-state index in [0.29, 0.717) is 6.54 Å². The Morgan fingerprint density at radius 3 is 2.25 bits per heavy atom. The van der Waals surface area contributed by atoms with E-state index in [-0.39, 0.29) is 12.1 Å². The second-order valence-corrected chi connectivity index (χ2v) is 6.41. The van der Waals surface area contributed by atoms with Crippen LogP contribution in [-0.2, 0) is 13.1 Å². The number of amides is 2. The summed E-state index contributed by atoms with van der Waals surface area (Å²) in [6, 6.07) is 20.8. The van der Waals surface area contributed by atoms with E-state index in [2.05, 4.69) is 41.4 Å². The fourth-order valence-corrected chi connectivity index (χ4v) is 3.20. The Morgan fingerprint density at radius 2 is 1.62 bits per heavy atom. The summed E-state index contributed by atoms with van der Waals surface area (Å²) in [7, 11) is 0. The lowest BCUT2D eigenvalue weighted by Gasteiger charge is -2.39. The molecule has 1 unspecified atom stereocenters. The van der Waals surface area contributed by atoms with E-state index < -0.39 is 0 Å². The first-order chi connectivity index (χ1) is 11.7. The molecule has 1 aliphatic rings. The molecule has 0 aromatic heterocycles. The first-order valence-electron chi connectivity index (χ1n) is 8.57. The third-order valence-electron chi connectivity index (χ3n) is 4.51. The topological polar surface area (TPSA) is 35.6 Å². The van der Waals surface area contributed by atoms with E-state index in [9.17, 15) is 4.79 Å². The zero-order chi connectivity index (χ0) is 16.8. The van der Waals surface area contributed by atoms with Crippen molar-refractivity contribution in [3.8, 4) is 0 Å². The number of piperazine rings is 1. The number of carbonyl (C=O) groups is 1. The van der Waals surface area contributed by atoms with Gasteiger partial charge in [0.1, 0.15) is 0 Å². The Bertz CT molecular complexity index is 644. The summed E-state index contributed by atoms with van der Waals surface area (Å²) < 4.78 is 0. The van der Waals surface area contributed by atoms with E-state index in [1.54, 1.807) is 0 Å². The maximum absolute atomic E-state index is 12.4. The Kier molecular flexibility index (Phi) is 5.49. The molecule has 3 rings (SSSR count). The van der Waals surface area contributed by atoms with Crippen LogP contribution in [0.2, 0.25) is 0 Å². The number of urea groups is 1. The standard InChI is InChI=1S/C20H25N3O/c1-17-15-22(16-19-10-6-3-7-11-19)12-13-23(17)20(24)21-14-18-8-4-2-5-9-18/h2-11,17H,12-16H2,1H3,(H,21,24). The second kappa shape index (κ2) is 7.97. The summed E-state index contributed by atoms with van der Waals surface area (Å²) in [5.74, 6) is 0. The average Bonchev–Trinajstić information content (AvgIpc) is 2.61. The van der Waals surface area contributed by atoms with Gasteiger partial charge in [-0.15, -0.1) is 0 Å². The van der Waals surface area contributed by atoms with Crippen LogP contribution in [0.3, 0.4) is 0 Å². The fourth-order valence-electron chi connectivity index (χ4n) is 3.20. The van der Waals surface area contributed by atoms with Gasteiger partial charge in [-0.3, -0.25) is 4.90 Å². The van der Waals surface area contributed by atoms with E-state index in [0.717, 1.165) is 31.7 Å². The Balaban J connectivity index is 1.49. The average molecular weight is 323 g/mol. The molecule has 0 saturated carbocycles. The van der Waals surface area contributed by atoms with E-state index in [1.165, 1.54) is 5.56 Å². The molecule has 1 saturated heterocycles. The van der Waals surface area contributed by atoms with Gasteiger partial charge < -0.3 is 10.2 Å². The van der Waals surface area contributed by atoms with Gasteiger partial charge >= 0.3 is 6.03 Å². The molecule has 4 heteroatoms. The highest BCUT2D eigenvalue weighted by Crippen LogP contribution is 2.13. The predicted molar refractivity (Wildman–Crippen MR) is 96.6 cm³/mol. The minimum absolute atomic E-state index is 0.0331. The molecule has 2 aromatic carbocycles. The minimum atomic E-state index is 0.0331. The Morgan fingerprint density at radius 1 is 1.00 bits per heavy atom. The minimum Gasteiger partial charge on any atom is -0.334 e. The summed E-state index contributed by atoms with van der Waals surface area (Å²) in [6.45, 7) is 6.25. The molecule has 1 N–H and O–H groups in total. The highest BCUT2D eigenvalue weighted by molar-refractivity contribution is 5.74. The fraction of sp³-hybridized carbons (Fsp3) is 0.350. The lowest BCUT2D eigenvalue weighted by molar-refractivity contribution is 0.0973. The number of hydrogen-bond donors (Lipinski definition) is 1. The lowest BCUT2D eigenvalue weighted by Crippen LogP contribution is -2.56. The van der Waals surface area contributed by atoms with E-state index in [1.807, 2.05) is 41.3 Å². The van der Waals surface area contributed by atoms with Crippen molar-refractivity contribution in [1.82, 2.24) is 15.1 Å². The van der Waals surface area contributed by atoms with Gasteiger partial charge in [-0.25, -0.2) is 4.79 Å². The summed E-state index contributed by atoms with van der Waals surface area (Å²) >= 11 is 0. The monoisotopic (exact) mass is 323 g/mol. The van der Waals surface area contributed by atoms with Crippen LogP contribution in [0.15, 0.2) is 60.7 Å². The number of benzene rings is 2. The molecule has 2 aromatic rings. The molecule has 0 radical (unpaired) electrons. The molecule has 0 bridgehead atoms. The first-order valence-corrected chi connectivity index (χ1v) is 8.57. The van der Waals surface area contributed by atoms with Gasteiger partial charge in [0.05, 0.1) is 0 Å². The van der Waals surface area contributed by atoms with E-state index >= 15 is 0 Å². The number of carbonyl (C=O) groups excluding carboxylic acids is 1. The van der Waals surface area contributed by atoms with Crippen LogP contribution in [-0.4, -0.2) is 41.5 Å². The summed E-state index contributed by atoms with van der Waals surface area (Å²) in [6.07, 6.45) is 0. The molecular formula is C20H25N3O. The molecule has 1 aliphatic heterocycles. The number of nitrogens with one attached hydrogen (secondary N) is 1. The Hall–Kier alpha value is -2.33. The highest BCUT2D eigenvalue weighted by Gasteiger charge is 2.27. The van der Waals surface area contributed by atoms with Crippen molar-refractivity contribution in [1.29, 1.82) is 0 Å². The van der Waals surface area contributed by atoms with Crippen LogP contribution in [0.1, 0.15) is 18.1 Å². The molecule has 4 nitrogen and oxygen atoms in total. The molecule has 126 valence electrons. The maximum Gasteiger partial charge on any atom is 0.317 e. The predicted octanol–water partition coefficient (Wildman–Crippen LogP) is 3.10. The van der Waals surface area contributed by atoms with Gasteiger partial charge in [-0.2, -0.15) is 0 Å². The van der Waals surface area contributed by atoms with Crippen molar-refractivity contribution in [2.24, 2.45) is 0 Å². The summed E-state index contributed by atoms with van der Waals surface area (Å²) in [4.78, 5) is 16.8. The molecule has 24 heavy (non-hydrogen) atoms. The second-order valence-electron chi connectivity index (χ2n) is 6.41. The van der Waals surface area contributed by atoms with Crippen LogP contribution in [0.4, 0.5) is 4.79 Å². The van der Waals surface area contributed by atoms with Crippen LogP contribution in [0.5, 0.6) is 0 Å². The van der Waals surface area contributed by atoms with Crippen LogP contribution in [0, 0.1) is 0 Å². The van der Waals surface area contributed by atoms with Gasteiger partial charge in [0.15, 0.2) is 0 Å². The van der Waals surface area contributed by atoms with Crippen molar-refractivity contribution >= 4 is 6.03 Å². The zero-order valence-corrected chi connectivity index (χ0v) is 14.2. The third kappa shape index (κ3) is 4.36. The van der Waals surface area contributed by atoms with Crippen molar-refractivity contribution < 1.29 is 4.79 Å². The number of nitrogens with zero attached hydrogens (tertiary/aromatic N) is 2. The van der Waals surface area contributed by atoms with Gasteiger partial charge in [-0.1, -0.05) is 60.7 Å². The SMILES string of the molecule is CC1CN(Cc2ccccc2)CCN1C(=O)NCc1ccccc1. The lowest BCUT2D eigenvalue weighted by atomic mass is 10.1. The van der Waals surface area contributed by atoms with Crippen molar-refractivity contribution in [3.05, 3.63) is 71.8 Å². The zero-order valence-electron chi connectivity index (χ0n) is 14.2. The van der Waals surface area contributed by atoms with Gasteiger partial charge in [-0.05, 0) is 18.1 Å². The molecular weight excluding hydrogens is 298 g/mol. The van der Waals surface area contributed by atoms with Gasteiger partial charge in [0, 0.05) is 38.8 Å². The van der Waals surface area contributed by atoms with Crippen LogP contribution in [0.25, 0.3) is 0 Å². The van der Waals surface area contributed by atoms with Crippen molar-refractivity contribution in [3.63, 3.8) is 0 Å². The molecule has 1 fully saturated rings. The molecule has 1 atom stereocenters. The number of hydrogen-bond acceptors (Lipinski definition) is 2. The molecule has 0 aliphatic carbocycles. The van der Waals surface area contributed by atoms with Crippen molar-refractivity contribution in [2.45, 2.75) is 26.1 Å². The smallest absolute Gasteiger partial charge is 0.317 e. The van der Waals surface area contributed by atoms with Gasteiger partial charge in [0.2, 0.25) is 0 Å². The highest BCUT2D eigenvalue weighted by atomic mass is 16.2. The molecule has 2 amide bonds. The molecule has 0 spiro atoms. The largest absolute Gasteiger partial charge is 0.334 e. The third-order valence-corrected chi connectivity index (χ3v) is 4.51. The number of rotatable bonds is 4. The van der Waals surface area contributed by atoms with Crippen LogP contribution >= 0.6 is 0 Å². The quantitative estimate of drug-likeness (QED) is 0.938.